The van der Waals surface area contributed by atoms with Crippen molar-refractivity contribution in [1.82, 2.24) is 10.6 Å². The maximum atomic E-state index is 12.0. The maximum Gasteiger partial charge on any atom is 0.315 e. The number of nitrogens with zero attached hydrogens (tertiary/aromatic N) is 1. The molecule has 23 heavy (non-hydrogen) atoms. The number of carbonyl (C=O) groups excluding carboxylic acids is 1. The lowest BCUT2D eigenvalue weighted by atomic mass is 9.73. The van der Waals surface area contributed by atoms with Crippen LogP contribution in [0.1, 0.15) is 38.2 Å². The summed E-state index contributed by atoms with van der Waals surface area (Å²) in [6, 6.07) is 7.92. The van der Waals surface area contributed by atoms with Gasteiger partial charge in [-0.25, -0.2) is 4.79 Å². The fourth-order valence-electron chi connectivity index (χ4n) is 3.03. The van der Waals surface area contributed by atoms with E-state index in [9.17, 15) is 9.90 Å². The molecule has 1 aliphatic rings. The van der Waals surface area contributed by atoms with Gasteiger partial charge in [-0.2, -0.15) is 0 Å². The van der Waals surface area contributed by atoms with Crippen molar-refractivity contribution in [2.75, 3.05) is 25.5 Å². The van der Waals surface area contributed by atoms with E-state index in [0.29, 0.717) is 13.1 Å². The van der Waals surface area contributed by atoms with E-state index in [1.807, 2.05) is 43.3 Å². The van der Waals surface area contributed by atoms with E-state index in [1.54, 1.807) is 0 Å². The highest BCUT2D eigenvalue weighted by Gasteiger charge is 2.35. The van der Waals surface area contributed by atoms with Crippen LogP contribution in [-0.4, -0.2) is 37.9 Å². The minimum atomic E-state index is -0.324. The van der Waals surface area contributed by atoms with E-state index in [-0.39, 0.29) is 17.6 Å². The maximum absolute atomic E-state index is 12.0. The molecule has 5 nitrogen and oxygen atoms in total. The molecule has 0 saturated heterocycles. The van der Waals surface area contributed by atoms with Crippen LogP contribution in [0.2, 0.25) is 0 Å². The smallest absolute Gasteiger partial charge is 0.315 e. The summed E-state index contributed by atoms with van der Waals surface area (Å²) < 4.78 is 0. The highest BCUT2D eigenvalue weighted by atomic mass is 16.3. The summed E-state index contributed by atoms with van der Waals surface area (Å²) in [4.78, 5) is 14.0. The highest BCUT2D eigenvalue weighted by Crippen LogP contribution is 2.35. The number of anilines is 1. The Morgan fingerprint density at radius 3 is 2.57 bits per heavy atom. The van der Waals surface area contributed by atoms with Gasteiger partial charge in [0.15, 0.2) is 0 Å². The van der Waals surface area contributed by atoms with E-state index >= 15 is 0 Å². The van der Waals surface area contributed by atoms with Crippen LogP contribution in [0.15, 0.2) is 24.3 Å². The molecule has 0 heterocycles. The van der Waals surface area contributed by atoms with Crippen LogP contribution in [0.4, 0.5) is 10.5 Å². The second-order valence-corrected chi connectivity index (χ2v) is 7.01. The lowest BCUT2D eigenvalue weighted by Crippen LogP contribution is -2.47. The monoisotopic (exact) mass is 319 g/mol. The van der Waals surface area contributed by atoms with Crippen LogP contribution >= 0.6 is 0 Å². The summed E-state index contributed by atoms with van der Waals surface area (Å²) in [6.45, 7) is 3.06. The molecule has 2 atom stereocenters. The number of hydrogen-bond acceptors (Lipinski definition) is 3. The minimum absolute atomic E-state index is 0.180. The summed E-state index contributed by atoms with van der Waals surface area (Å²) in [5.41, 5.74) is 2.00. The topological polar surface area (TPSA) is 64.6 Å². The van der Waals surface area contributed by atoms with Crippen molar-refractivity contribution in [2.45, 2.75) is 45.3 Å². The Kier molecular flexibility index (Phi) is 5.88. The number of hydrogen-bond donors (Lipinski definition) is 3. The summed E-state index contributed by atoms with van der Waals surface area (Å²) in [5.74, 6) is 0. The largest absolute Gasteiger partial charge is 0.392 e. The Morgan fingerprint density at radius 2 is 1.96 bits per heavy atom. The van der Waals surface area contributed by atoms with Crippen molar-refractivity contribution < 1.29 is 9.90 Å². The minimum Gasteiger partial charge on any atom is -0.392 e. The molecule has 0 aliphatic heterocycles. The van der Waals surface area contributed by atoms with Gasteiger partial charge in [0, 0.05) is 38.3 Å². The molecule has 1 aromatic carbocycles. The molecule has 3 N–H and O–H groups in total. The zero-order valence-electron chi connectivity index (χ0n) is 14.4. The number of rotatable bonds is 5. The second-order valence-electron chi connectivity index (χ2n) is 7.01. The second kappa shape index (κ2) is 7.68. The Balaban J connectivity index is 1.76. The van der Waals surface area contributed by atoms with Gasteiger partial charge in [-0.05, 0) is 30.5 Å². The molecule has 1 aliphatic carbocycles. The van der Waals surface area contributed by atoms with Gasteiger partial charge in [0.2, 0.25) is 0 Å². The van der Waals surface area contributed by atoms with Gasteiger partial charge in [0.25, 0.3) is 0 Å². The Hall–Kier alpha value is -1.75. The number of aliphatic hydroxyl groups is 1. The summed E-state index contributed by atoms with van der Waals surface area (Å²) in [6.07, 6.45) is 3.66. The third-order valence-electron chi connectivity index (χ3n) is 4.84. The zero-order valence-corrected chi connectivity index (χ0v) is 14.4. The zero-order chi connectivity index (χ0) is 16.9. The molecule has 1 aromatic rings. The first-order valence-electron chi connectivity index (χ1n) is 8.37. The van der Waals surface area contributed by atoms with Gasteiger partial charge in [-0.3, -0.25) is 0 Å². The summed E-state index contributed by atoms with van der Waals surface area (Å²) >= 11 is 0. The van der Waals surface area contributed by atoms with Gasteiger partial charge >= 0.3 is 6.03 Å². The van der Waals surface area contributed by atoms with E-state index < -0.39 is 0 Å². The van der Waals surface area contributed by atoms with Crippen LogP contribution in [0.25, 0.3) is 0 Å². The fourth-order valence-corrected chi connectivity index (χ4v) is 3.03. The number of nitrogens with one attached hydrogen (secondary N) is 2. The van der Waals surface area contributed by atoms with Gasteiger partial charge in [0.1, 0.15) is 0 Å². The van der Waals surface area contributed by atoms with E-state index in [0.717, 1.165) is 36.9 Å². The molecule has 2 unspecified atom stereocenters. The molecule has 5 heteroatoms. The van der Waals surface area contributed by atoms with Crippen LogP contribution in [0, 0.1) is 5.41 Å². The lowest BCUT2D eigenvalue weighted by molar-refractivity contribution is 0.00309. The quantitative estimate of drug-likeness (QED) is 0.781. The van der Waals surface area contributed by atoms with E-state index in [1.165, 1.54) is 0 Å². The SMILES string of the molecule is CN(C)c1ccc(CNC(=O)NCC2(C)CCCCC2O)cc1. The Labute approximate surface area is 139 Å². The Morgan fingerprint density at radius 1 is 1.26 bits per heavy atom. The predicted molar refractivity (Wildman–Crippen MR) is 93.6 cm³/mol. The average molecular weight is 319 g/mol. The van der Waals surface area contributed by atoms with Gasteiger partial charge < -0.3 is 20.6 Å². The first kappa shape index (κ1) is 17.6. The molecule has 0 bridgehead atoms. The number of amides is 2. The number of aliphatic hydroxyl groups excluding tert-OH is 1. The molecule has 0 radical (unpaired) electrons. The molecule has 0 aromatic heterocycles. The first-order chi connectivity index (χ1) is 10.9. The molecule has 0 spiro atoms. The van der Waals surface area contributed by atoms with Crippen molar-refractivity contribution in [3.05, 3.63) is 29.8 Å². The van der Waals surface area contributed by atoms with Crippen LogP contribution < -0.4 is 15.5 Å². The third-order valence-corrected chi connectivity index (χ3v) is 4.84. The Bertz CT molecular complexity index is 516. The van der Waals surface area contributed by atoms with Gasteiger partial charge in [0.05, 0.1) is 6.10 Å². The van der Waals surface area contributed by atoms with Gasteiger partial charge in [-0.1, -0.05) is 31.9 Å². The summed E-state index contributed by atoms with van der Waals surface area (Å²) in [7, 11) is 4.00. The van der Waals surface area contributed by atoms with Crippen molar-refractivity contribution in [3.8, 4) is 0 Å². The number of urea groups is 1. The lowest BCUT2D eigenvalue weighted by Gasteiger charge is -2.38. The first-order valence-corrected chi connectivity index (χ1v) is 8.37. The third kappa shape index (κ3) is 4.86. The molecule has 2 amide bonds. The van der Waals surface area contributed by atoms with E-state index in [2.05, 4.69) is 17.6 Å². The van der Waals surface area contributed by atoms with Crippen LogP contribution in [0.5, 0.6) is 0 Å². The molecule has 128 valence electrons. The number of benzene rings is 1. The van der Waals surface area contributed by atoms with Crippen molar-refractivity contribution in [3.63, 3.8) is 0 Å². The average Bonchev–Trinajstić information content (AvgIpc) is 2.54. The highest BCUT2D eigenvalue weighted by molar-refractivity contribution is 5.73. The normalized spacial score (nSPS) is 24.1. The van der Waals surface area contributed by atoms with Crippen molar-refractivity contribution >= 4 is 11.7 Å². The molecule has 1 fully saturated rings. The molecular weight excluding hydrogens is 290 g/mol. The van der Waals surface area contributed by atoms with Crippen LogP contribution in [0.3, 0.4) is 0 Å². The van der Waals surface area contributed by atoms with Crippen LogP contribution in [-0.2, 0) is 6.54 Å². The fraction of sp³-hybridized carbons (Fsp3) is 0.611. The predicted octanol–water partition coefficient (Wildman–Crippen LogP) is 2.49. The molecule has 2 rings (SSSR count). The molecule has 1 saturated carbocycles. The van der Waals surface area contributed by atoms with Crippen molar-refractivity contribution in [2.24, 2.45) is 5.41 Å². The van der Waals surface area contributed by atoms with Crippen molar-refractivity contribution in [1.29, 1.82) is 0 Å². The standard InChI is InChI=1S/C18H29N3O2/c1-18(11-5-4-6-16(18)22)13-20-17(23)19-12-14-7-9-15(10-8-14)21(2)3/h7-10,16,22H,4-6,11-13H2,1-3H3,(H2,19,20,23). The summed E-state index contributed by atoms with van der Waals surface area (Å²) in [5, 5.41) is 15.9. The van der Waals surface area contributed by atoms with E-state index in [4.69, 9.17) is 0 Å². The molecular formula is C18H29N3O2. The van der Waals surface area contributed by atoms with Gasteiger partial charge in [-0.15, -0.1) is 0 Å². The number of carbonyl (C=O) groups is 1.